The maximum absolute atomic E-state index is 12.0. The highest BCUT2D eigenvalue weighted by Gasteiger charge is 2.15. The highest BCUT2D eigenvalue weighted by atomic mass is 16.5. The van der Waals surface area contributed by atoms with Crippen molar-refractivity contribution in [2.75, 3.05) is 7.11 Å². The van der Waals surface area contributed by atoms with Gasteiger partial charge in [-0.25, -0.2) is 14.6 Å². The summed E-state index contributed by atoms with van der Waals surface area (Å²) in [4.78, 5) is 27.2. The monoisotopic (exact) mass is 285 g/mol. The van der Waals surface area contributed by atoms with Gasteiger partial charge in [0.05, 0.1) is 12.7 Å². The van der Waals surface area contributed by atoms with E-state index in [2.05, 4.69) is 9.72 Å². The molecule has 0 aliphatic carbocycles. The van der Waals surface area contributed by atoms with Crippen LogP contribution >= 0.6 is 0 Å². The van der Waals surface area contributed by atoms with Gasteiger partial charge in [0.1, 0.15) is 11.8 Å². The maximum Gasteiger partial charge on any atom is 0.357 e. The standard InChI is InChI=1S/C16H15NO4/c1-11(12-6-4-3-5-7-12)21-16(19)14-9-8-13(10-17-14)15(18)20-2/h3-11H,1-2H3/t11-/m0/s1. The summed E-state index contributed by atoms with van der Waals surface area (Å²) in [6, 6.07) is 12.3. The molecule has 0 aliphatic heterocycles. The Morgan fingerprint density at radius 1 is 1.05 bits per heavy atom. The minimum absolute atomic E-state index is 0.144. The first-order valence-corrected chi connectivity index (χ1v) is 6.42. The first-order valence-electron chi connectivity index (χ1n) is 6.42. The summed E-state index contributed by atoms with van der Waals surface area (Å²) in [5.74, 6) is -1.04. The molecular formula is C16H15NO4. The Labute approximate surface area is 122 Å². The van der Waals surface area contributed by atoms with Crippen LogP contribution in [0.5, 0.6) is 0 Å². The molecule has 0 unspecified atom stereocenters. The average molecular weight is 285 g/mol. The van der Waals surface area contributed by atoms with Crippen molar-refractivity contribution in [3.05, 3.63) is 65.5 Å². The van der Waals surface area contributed by atoms with E-state index in [4.69, 9.17) is 4.74 Å². The van der Waals surface area contributed by atoms with Gasteiger partial charge in [0.25, 0.3) is 0 Å². The molecule has 2 aromatic rings. The molecule has 0 radical (unpaired) electrons. The lowest BCUT2D eigenvalue weighted by Gasteiger charge is -2.13. The van der Waals surface area contributed by atoms with Crippen molar-refractivity contribution in [3.8, 4) is 0 Å². The van der Waals surface area contributed by atoms with E-state index in [9.17, 15) is 9.59 Å². The van der Waals surface area contributed by atoms with Gasteiger partial charge in [-0.15, -0.1) is 0 Å². The molecule has 0 N–H and O–H groups in total. The fraction of sp³-hybridized carbons (Fsp3) is 0.188. The van der Waals surface area contributed by atoms with E-state index in [1.165, 1.54) is 25.4 Å². The highest BCUT2D eigenvalue weighted by molar-refractivity contribution is 5.91. The Kier molecular flexibility index (Phi) is 4.66. The third kappa shape index (κ3) is 3.66. The summed E-state index contributed by atoms with van der Waals surface area (Å²) in [6.45, 7) is 1.79. The van der Waals surface area contributed by atoms with Crippen molar-refractivity contribution in [1.82, 2.24) is 4.98 Å². The zero-order valence-corrected chi connectivity index (χ0v) is 11.8. The second-order valence-corrected chi connectivity index (χ2v) is 4.38. The Morgan fingerprint density at radius 3 is 2.33 bits per heavy atom. The van der Waals surface area contributed by atoms with E-state index in [1.54, 1.807) is 6.92 Å². The molecule has 0 saturated carbocycles. The van der Waals surface area contributed by atoms with Gasteiger partial charge in [0.2, 0.25) is 0 Å². The van der Waals surface area contributed by atoms with Gasteiger partial charge in [0.15, 0.2) is 0 Å². The molecule has 1 aromatic heterocycles. The third-order valence-electron chi connectivity index (χ3n) is 2.95. The molecule has 0 spiro atoms. The van der Waals surface area contributed by atoms with Gasteiger partial charge in [-0.05, 0) is 24.6 Å². The number of rotatable bonds is 4. The molecule has 1 heterocycles. The normalized spacial score (nSPS) is 11.5. The maximum atomic E-state index is 12.0. The number of aromatic nitrogens is 1. The topological polar surface area (TPSA) is 65.5 Å². The Morgan fingerprint density at radius 2 is 1.76 bits per heavy atom. The fourth-order valence-corrected chi connectivity index (χ4v) is 1.77. The zero-order chi connectivity index (χ0) is 15.2. The molecule has 0 bridgehead atoms. The van der Waals surface area contributed by atoms with Gasteiger partial charge in [-0.1, -0.05) is 30.3 Å². The molecule has 0 aliphatic rings. The van der Waals surface area contributed by atoms with Crippen LogP contribution in [-0.2, 0) is 9.47 Å². The molecule has 0 saturated heterocycles. The minimum Gasteiger partial charge on any atom is -0.465 e. The molecular weight excluding hydrogens is 270 g/mol. The van der Waals surface area contributed by atoms with Crippen molar-refractivity contribution in [2.45, 2.75) is 13.0 Å². The predicted octanol–water partition coefficient (Wildman–Crippen LogP) is 2.79. The van der Waals surface area contributed by atoms with Gasteiger partial charge in [-0.2, -0.15) is 0 Å². The van der Waals surface area contributed by atoms with E-state index in [1.807, 2.05) is 30.3 Å². The van der Waals surface area contributed by atoms with E-state index < -0.39 is 11.9 Å². The molecule has 0 fully saturated rings. The predicted molar refractivity (Wildman–Crippen MR) is 75.8 cm³/mol. The number of nitrogens with zero attached hydrogens (tertiary/aromatic N) is 1. The van der Waals surface area contributed by atoms with Crippen molar-refractivity contribution >= 4 is 11.9 Å². The number of hydrogen-bond donors (Lipinski definition) is 0. The van der Waals surface area contributed by atoms with Gasteiger partial charge in [-0.3, -0.25) is 0 Å². The van der Waals surface area contributed by atoms with Gasteiger partial charge < -0.3 is 9.47 Å². The first-order chi connectivity index (χ1) is 10.1. The molecule has 108 valence electrons. The number of carbonyl (C=O) groups excluding carboxylic acids is 2. The van der Waals surface area contributed by atoms with Crippen molar-refractivity contribution in [2.24, 2.45) is 0 Å². The summed E-state index contributed by atoms with van der Waals surface area (Å²) >= 11 is 0. The summed E-state index contributed by atoms with van der Waals surface area (Å²) in [7, 11) is 1.28. The second-order valence-electron chi connectivity index (χ2n) is 4.38. The molecule has 21 heavy (non-hydrogen) atoms. The molecule has 2 rings (SSSR count). The van der Waals surface area contributed by atoms with Crippen LogP contribution in [0.1, 0.15) is 39.4 Å². The minimum atomic E-state index is -0.539. The first kappa shape index (κ1) is 14.7. The van der Waals surface area contributed by atoms with E-state index in [-0.39, 0.29) is 17.4 Å². The van der Waals surface area contributed by atoms with Crippen LogP contribution in [0, 0.1) is 0 Å². The van der Waals surface area contributed by atoms with Gasteiger partial charge in [0, 0.05) is 6.20 Å². The zero-order valence-electron chi connectivity index (χ0n) is 11.8. The third-order valence-corrected chi connectivity index (χ3v) is 2.95. The van der Waals surface area contributed by atoms with Crippen molar-refractivity contribution < 1.29 is 19.1 Å². The molecule has 1 aromatic carbocycles. The molecule has 0 amide bonds. The summed E-state index contributed by atoms with van der Waals surface area (Å²) in [6.07, 6.45) is 0.913. The number of esters is 2. The Balaban J connectivity index is 2.05. The van der Waals surface area contributed by atoms with Crippen LogP contribution in [0.4, 0.5) is 0 Å². The fourth-order valence-electron chi connectivity index (χ4n) is 1.77. The highest BCUT2D eigenvalue weighted by Crippen LogP contribution is 2.17. The molecule has 5 heteroatoms. The lowest BCUT2D eigenvalue weighted by Crippen LogP contribution is -2.11. The average Bonchev–Trinajstić information content (AvgIpc) is 2.55. The second kappa shape index (κ2) is 6.65. The van der Waals surface area contributed by atoms with Crippen LogP contribution in [0.2, 0.25) is 0 Å². The number of methoxy groups -OCH3 is 1. The Bertz CT molecular complexity index is 622. The summed E-state index contributed by atoms with van der Waals surface area (Å²) < 4.78 is 9.90. The number of hydrogen-bond acceptors (Lipinski definition) is 5. The van der Waals surface area contributed by atoms with Crippen molar-refractivity contribution in [1.29, 1.82) is 0 Å². The van der Waals surface area contributed by atoms with E-state index in [0.717, 1.165) is 5.56 Å². The number of ether oxygens (including phenoxy) is 2. The van der Waals surface area contributed by atoms with Crippen LogP contribution in [0.25, 0.3) is 0 Å². The van der Waals surface area contributed by atoms with Crippen LogP contribution in [0.15, 0.2) is 48.7 Å². The van der Waals surface area contributed by atoms with E-state index in [0.29, 0.717) is 0 Å². The number of pyridine rings is 1. The van der Waals surface area contributed by atoms with Crippen molar-refractivity contribution in [3.63, 3.8) is 0 Å². The van der Waals surface area contributed by atoms with Crippen LogP contribution < -0.4 is 0 Å². The van der Waals surface area contributed by atoms with E-state index >= 15 is 0 Å². The number of benzene rings is 1. The quantitative estimate of drug-likeness (QED) is 0.808. The molecule has 1 atom stereocenters. The lowest BCUT2D eigenvalue weighted by atomic mass is 10.1. The Hall–Kier alpha value is -2.69. The van der Waals surface area contributed by atoms with Crippen LogP contribution in [-0.4, -0.2) is 24.0 Å². The van der Waals surface area contributed by atoms with Crippen LogP contribution in [0.3, 0.4) is 0 Å². The van der Waals surface area contributed by atoms with Gasteiger partial charge >= 0.3 is 11.9 Å². The SMILES string of the molecule is COC(=O)c1ccc(C(=O)O[C@@H](C)c2ccccc2)nc1. The number of carbonyl (C=O) groups is 2. The molecule has 5 nitrogen and oxygen atoms in total. The largest absolute Gasteiger partial charge is 0.465 e. The lowest BCUT2D eigenvalue weighted by molar-refractivity contribution is 0.0330. The smallest absolute Gasteiger partial charge is 0.357 e. The summed E-state index contributed by atoms with van der Waals surface area (Å²) in [5.41, 5.74) is 1.33. The summed E-state index contributed by atoms with van der Waals surface area (Å²) in [5, 5.41) is 0.